The summed E-state index contributed by atoms with van der Waals surface area (Å²) in [7, 11) is 5.91. The fraction of sp³-hybridized carbons (Fsp3) is 0.444. The van der Waals surface area contributed by atoms with Crippen LogP contribution >= 0.6 is 0 Å². The zero-order valence-electron chi connectivity index (χ0n) is 14.8. The first-order chi connectivity index (χ1) is 11.9. The van der Waals surface area contributed by atoms with Crippen LogP contribution in [-0.4, -0.2) is 55.1 Å². The van der Waals surface area contributed by atoms with Crippen molar-refractivity contribution in [3.8, 4) is 0 Å². The van der Waals surface area contributed by atoms with Gasteiger partial charge in [-0.15, -0.1) is 0 Å². The molecule has 25 heavy (non-hydrogen) atoms. The second-order valence-electron chi connectivity index (χ2n) is 6.65. The average Bonchev–Trinajstić information content (AvgIpc) is 3.05. The molecule has 2 aromatic rings. The highest BCUT2D eigenvalue weighted by molar-refractivity contribution is 5.49. The van der Waals surface area contributed by atoms with Crippen molar-refractivity contribution in [2.24, 2.45) is 0 Å². The van der Waals surface area contributed by atoms with Gasteiger partial charge in [-0.3, -0.25) is 4.90 Å². The molecule has 0 radical (unpaired) electrons. The summed E-state index contributed by atoms with van der Waals surface area (Å²) in [6.07, 6.45) is 2.54. The number of aromatic nitrogens is 2. The monoisotopic (exact) mass is 347 g/mol. The zero-order chi connectivity index (χ0) is 18.0. The summed E-state index contributed by atoms with van der Waals surface area (Å²) in [5, 5.41) is 0. The fourth-order valence-corrected chi connectivity index (χ4v) is 3.12. The Morgan fingerprint density at radius 2 is 1.88 bits per heavy atom. The molecule has 1 atom stereocenters. The second-order valence-corrected chi connectivity index (χ2v) is 6.65. The molecule has 1 fully saturated rings. The van der Waals surface area contributed by atoms with Gasteiger partial charge in [0.15, 0.2) is 0 Å². The summed E-state index contributed by atoms with van der Waals surface area (Å²) in [5.74, 6) is 0.711. The highest BCUT2D eigenvalue weighted by Crippen LogP contribution is 2.23. The molecule has 1 aliphatic heterocycles. The lowest BCUT2D eigenvalue weighted by molar-refractivity contribution is 0.319. The molecule has 0 aliphatic carbocycles. The molecule has 0 N–H and O–H groups in total. The van der Waals surface area contributed by atoms with Crippen LogP contribution in [0, 0.1) is 11.6 Å². The van der Waals surface area contributed by atoms with Gasteiger partial charge in [-0.05, 0) is 12.5 Å². The molecule has 1 aromatic heterocycles. The molecule has 0 saturated carbocycles. The normalized spacial score (nSPS) is 17.7. The Balaban J connectivity index is 1.65. The largest absolute Gasteiger partial charge is 0.363 e. The molecule has 1 aromatic carbocycles. The summed E-state index contributed by atoms with van der Waals surface area (Å²) >= 11 is 0. The molecule has 3 rings (SSSR count). The predicted octanol–water partition coefficient (Wildman–Crippen LogP) is 2.53. The summed E-state index contributed by atoms with van der Waals surface area (Å²) in [6, 6.07) is 6.03. The van der Waals surface area contributed by atoms with Gasteiger partial charge in [-0.2, -0.15) is 0 Å². The quantitative estimate of drug-likeness (QED) is 0.831. The Hall–Kier alpha value is -2.28. The van der Waals surface area contributed by atoms with Crippen molar-refractivity contribution in [1.29, 1.82) is 0 Å². The van der Waals surface area contributed by atoms with Gasteiger partial charge in [-0.1, -0.05) is 6.07 Å². The first-order valence-corrected chi connectivity index (χ1v) is 8.32. The molecule has 0 amide bonds. The molecular formula is C18H23F2N5. The minimum atomic E-state index is -0.541. The third-order valence-corrected chi connectivity index (χ3v) is 4.66. The van der Waals surface area contributed by atoms with E-state index in [1.165, 1.54) is 12.1 Å². The van der Waals surface area contributed by atoms with E-state index in [0.717, 1.165) is 37.2 Å². The van der Waals surface area contributed by atoms with E-state index in [2.05, 4.69) is 19.8 Å². The van der Waals surface area contributed by atoms with E-state index in [0.29, 0.717) is 18.2 Å². The number of hydrogen-bond donors (Lipinski definition) is 0. The topological polar surface area (TPSA) is 35.5 Å². The molecule has 7 heteroatoms. The molecule has 2 heterocycles. The molecule has 5 nitrogen and oxygen atoms in total. The first kappa shape index (κ1) is 17.5. The highest BCUT2D eigenvalue weighted by Gasteiger charge is 2.27. The van der Waals surface area contributed by atoms with E-state index in [9.17, 15) is 8.78 Å². The lowest BCUT2D eigenvalue weighted by Crippen LogP contribution is -2.35. The maximum atomic E-state index is 13.8. The maximum Gasteiger partial charge on any atom is 0.134 e. The molecule has 0 spiro atoms. The second kappa shape index (κ2) is 7.31. The van der Waals surface area contributed by atoms with Crippen LogP contribution in [0.5, 0.6) is 0 Å². The van der Waals surface area contributed by atoms with Crippen LogP contribution in [0.1, 0.15) is 12.0 Å². The SMILES string of the molecule is CN(C)c1cc(N(C)C2CCN(Cc3ccc(F)cc3F)C2)ncn1. The van der Waals surface area contributed by atoms with Crippen LogP contribution in [0.4, 0.5) is 20.4 Å². The van der Waals surface area contributed by atoms with Crippen LogP contribution in [-0.2, 0) is 6.54 Å². The van der Waals surface area contributed by atoms with Gasteiger partial charge in [0.2, 0.25) is 0 Å². The number of likely N-dealkylation sites (N-methyl/N-ethyl adjacent to an activating group) is 1. The first-order valence-electron chi connectivity index (χ1n) is 8.32. The number of hydrogen-bond acceptors (Lipinski definition) is 5. The Morgan fingerprint density at radius 1 is 1.12 bits per heavy atom. The molecule has 134 valence electrons. The Labute approximate surface area is 146 Å². The van der Waals surface area contributed by atoms with Gasteiger partial charge in [-0.25, -0.2) is 18.7 Å². The number of halogens is 2. The van der Waals surface area contributed by atoms with E-state index in [4.69, 9.17) is 0 Å². The van der Waals surface area contributed by atoms with E-state index in [1.807, 2.05) is 32.1 Å². The number of rotatable bonds is 5. The highest BCUT2D eigenvalue weighted by atomic mass is 19.1. The Morgan fingerprint density at radius 3 is 2.60 bits per heavy atom. The van der Waals surface area contributed by atoms with Gasteiger partial charge in [0.05, 0.1) is 0 Å². The van der Waals surface area contributed by atoms with Crippen molar-refractivity contribution in [3.63, 3.8) is 0 Å². The Kier molecular flexibility index (Phi) is 5.13. The van der Waals surface area contributed by atoms with Crippen molar-refractivity contribution in [3.05, 3.63) is 47.8 Å². The van der Waals surface area contributed by atoms with Crippen LogP contribution < -0.4 is 9.80 Å². The van der Waals surface area contributed by atoms with Gasteiger partial charge in [0.1, 0.15) is 29.6 Å². The zero-order valence-corrected chi connectivity index (χ0v) is 14.8. The Bertz CT molecular complexity index is 737. The number of likely N-dealkylation sites (tertiary alicyclic amines) is 1. The van der Waals surface area contributed by atoms with Crippen molar-refractivity contribution in [1.82, 2.24) is 14.9 Å². The van der Waals surface area contributed by atoms with Crippen LogP contribution in [0.25, 0.3) is 0 Å². The van der Waals surface area contributed by atoms with Crippen LogP contribution in [0.15, 0.2) is 30.6 Å². The van der Waals surface area contributed by atoms with Crippen LogP contribution in [0.2, 0.25) is 0 Å². The lowest BCUT2D eigenvalue weighted by atomic mass is 10.2. The lowest BCUT2D eigenvalue weighted by Gasteiger charge is -2.26. The minimum Gasteiger partial charge on any atom is -0.363 e. The number of benzene rings is 1. The van der Waals surface area contributed by atoms with Gasteiger partial charge in [0.25, 0.3) is 0 Å². The standard InChI is InChI=1S/C18H23F2N5/c1-23(2)17-9-18(22-12-21-17)24(3)15-6-7-25(11-15)10-13-4-5-14(19)8-16(13)20/h4-5,8-9,12,15H,6-7,10-11H2,1-3H3. The fourth-order valence-electron chi connectivity index (χ4n) is 3.12. The van der Waals surface area contributed by atoms with Crippen molar-refractivity contribution >= 4 is 11.6 Å². The van der Waals surface area contributed by atoms with E-state index < -0.39 is 11.6 Å². The summed E-state index contributed by atoms with van der Waals surface area (Å²) in [6.45, 7) is 2.18. The van der Waals surface area contributed by atoms with E-state index in [1.54, 1.807) is 6.33 Å². The smallest absolute Gasteiger partial charge is 0.134 e. The van der Waals surface area contributed by atoms with Crippen molar-refractivity contribution in [2.45, 2.75) is 19.0 Å². The maximum absolute atomic E-state index is 13.8. The van der Waals surface area contributed by atoms with Crippen molar-refractivity contribution < 1.29 is 8.78 Å². The third kappa shape index (κ3) is 4.04. The predicted molar refractivity (Wildman–Crippen MR) is 94.8 cm³/mol. The van der Waals surface area contributed by atoms with Gasteiger partial charge < -0.3 is 9.80 Å². The third-order valence-electron chi connectivity index (χ3n) is 4.66. The van der Waals surface area contributed by atoms with Crippen LogP contribution in [0.3, 0.4) is 0 Å². The number of nitrogens with zero attached hydrogens (tertiary/aromatic N) is 5. The summed E-state index contributed by atoms with van der Waals surface area (Å²) in [5.41, 5.74) is 0.529. The molecular weight excluding hydrogens is 324 g/mol. The molecule has 1 saturated heterocycles. The van der Waals surface area contributed by atoms with Crippen molar-refractivity contribution in [2.75, 3.05) is 44.0 Å². The van der Waals surface area contributed by atoms with E-state index in [-0.39, 0.29) is 0 Å². The molecule has 0 bridgehead atoms. The minimum absolute atomic E-state index is 0.299. The summed E-state index contributed by atoms with van der Waals surface area (Å²) in [4.78, 5) is 14.9. The summed E-state index contributed by atoms with van der Waals surface area (Å²) < 4.78 is 26.9. The van der Waals surface area contributed by atoms with E-state index >= 15 is 0 Å². The molecule has 1 unspecified atom stereocenters. The average molecular weight is 347 g/mol. The van der Waals surface area contributed by atoms with Gasteiger partial charge in [0, 0.05) is 64.5 Å². The van der Waals surface area contributed by atoms with Gasteiger partial charge >= 0.3 is 0 Å². The number of anilines is 2. The molecule has 1 aliphatic rings.